The van der Waals surface area contributed by atoms with Gasteiger partial charge in [-0.15, -0.1) is 10.2 Å². The van der Waals surface area contributed by atoms with Crippen molar-refractivity contribution in [1.29, 1.82) is 0 Å². The summed E-state index contributed by atoms with van der Waals surface area (Å²) in [6.07, 6.45) is 8.94. The lowest BCUT2D eigenvalue weighted by atomic mass is 9.94. The van der Waals surface area contributed by atoms with Crippen molar-refractivity contribution in [1.82, 2.24) is 19.8 Å². The molecule has 7 heteroatoms. The Balaban J connectivity index is 1.59. The maximum absolute atomic E-state index is 12.1. The first-order chi connectivity index (χ1) is 9.74. The normalized spacial score (nSPS) is 24.1. The number of likely N-dealkylation sites (tertiary alicyclic amines) is 1. The average Bonchev–Trinajstić information content (AvgIpc) is 3.09. The minimum absolute atomic E-state index is 0.112. The van der Waals surface area contributed by atoms with Crippen molar-refractivity contribution in [2.75, 3.05) is 12.0 Å². The highest BCUT2D eigenvalue weighted by atomic mass is 16.2. The lowest BCUT2D eigenvalue weighted by Crippen LogP contribution is -2.39. The Morgan fingerprint density at radius 2 is 1.90 bits per heavy atom. The minimum atomic E-state index is -0.271. The Labute approximate surface area is 117 Å². The van der Waals surface area contributed by atoms with Crippen LogP contribution < -0.4 is 5.43 Å². The van der Waals surface area contributed by atoms with Crippen molar-refractivity contribution in [3.8, 4) is 0 Å². The van der Waals surface area contributed by atoms with Gasteiger partial charge in [0, 0.05) is 19.0 Å². The second-order valence-electron chi connectivity index (χ2n) is 5.58. The van der Waals surface area contributed by atoms with Gasteiger partial charge >= 0.3 is 0 Å². The summed E-state index contributed by atoms with van der Waals surface area (Å²) in [5, 5.41) is 7.25. The van der Waals surface area contributed by atoms with Gasteiger partial charge in [-0.1, -0.05) is 19.3 Å². The number of nitrogens with zero attached hydrogens (tertiary/aromatic N) is 4. The lowest BCUT2D eigenvalue weighted by Gasteiger charge is -2.31. The molecule has 1 unspecified atom stereocenters. The predicted octanol–water partition coefficient (Wildman–Crippen LogP) is 0.529. The van der Waals surface area contributed by atoms with Gasteiger partial charge in [-0.05, 0) is 12.8 Å². The largest absolute Gasteiger partial charge is 0.339 e. The van der Waals surface area contributed by atoms with Crippen LogP contribution in [0.5, 0.6) is 0 Å². The van der Waals surface area contributed by atoms with Crippen LogP contribution in [-0.2, 0) is 9.59 Å². The van der Waals surface area contributed by atoms with Gasteiger partial charge in [-0.2, -0.15) is 0 Å². The van der Waals surface area contributed by atoms with Gasteiger partial charge in [-0.3, -0.25) is 15.0 Å². The summed E-state index contributed by atoms with van der Waals surface area (Å²) < 4.78 is 1.41. The van der Waals surface area contributed by atoms with Gasteiger partial charge in [0.1, 0.15) is 12.7 Å². The highest BCUT2D eigenvalue weighted by Crippen LogP contribution is 2.28. The Bertz CT molecular complexity index is 481. The van der Waals surface area contributed by atoms with Gasteiger partial charge < -0.3 is 4.90 Å². The first kappa shape index (κ1) is 13.1. The van der Waals surface area contributed by atoms with E-state index in [4.69, 9.17) is 0 Å². The van der Waals surface area contributed by atoms with Crippen molar-refractivity contribution in [2.45, 2.75) is 44.6 Å². The number of nitrogens with one attached hydrogen (secondary N) is 1. The van der Waals surface area contributed by atoms with Gasteiger partial charge in [0.15, 0.2) is 0 Å². The Morgan fingerprint density at radius 3 is 2.60 bits per heavy atom. The number of carbonyl (C=O) groups excluding carboxylic acids is 2. The molecule has 2 aliphatic rings. The summed E-state index contributed by atoms with van der Waals surface area (Å²) in [5.41, 5.74) is 2.68. The molecule has 2 heterocycles. The molecule has 0 bridgehead atoms. The molecule has 1 aliphatic heterocycles. The van der Waals surface area contributed by atoms with Crippen LogP contribution in [0, 0.1) is 5.92 Å². The molecule has 3 rings (SSSR count). The number of aromatic nitrogens is 3. The highest BCUT2D eigenvalue weighted by molar-refractivity contribution is 5.93. The topological polar surface area (TPSA) is 80.1 Å². The molecule has 1 aromatic rings. The smallest absolute Gasteiger partial charge is 0.244 e. The quantitative estimate of drug-likeness (QED) is 0.874. The van der Waals surface area contributed by atoms with E-state index in [1.807, 2.05) is 4.90 Å². The number of rotatable bonds is 3. The standard InChI is InChI=1S/C13H19N5O2/c19-12-6-10(13(20)16-17-8-14-15-9-17)7-18(12)11-4-2-1-3-5-11/h8-11H,1-7H2,(H,16,20). The summed E-state index contributed by atoms with van der Waals surface area (Å²) in [5.74, 6) is -0.302. The van der Waals surface area contributed by atoms with Crippen molar-refractivity contribution in [3.05, 3.63) is 12.7 Å². The van der Waals surface area contributed by atoms with Gasteiger partial charge in [0.05, 0.1) is 5.92 Å². The van der Waals surface area contributed by atoms with Crippen LogP contribution >= 0.6 is 0 Å². The van der Waals surface area contributed by atoms with Crippen LogP contribution in [0.2, 0.25) is 0 Å². The van der Waals surface area contributed by atoms with Crippen LogP contribution in [-0.4, -0.2) is 44.2 Å². The van der Waals surface area contributed by atoms with Crippen molar-refractivity contribution >= 4 is 11.8 Å². The fraction of sp³-hybridized carbons (Fsp3) is 0.692. The third-order valence-electron chi connectivity index (χ3n) is 4.20. The lowest BCUT2D eigenvalue weighted by molar-refractivity contribution is -0.130. The number of hydrogen-bond donors (Lipinski definition) is 1. The Hall–Kier alpha value is -1.92. The zero-order valence-electron chi connectivity index (χ0n) is 11.4. The number of hydrogen-bond acceptors (Lipinski definition) is 4. The fourth-order valence-corrected chi connectivity index (χ4v) is 3.13. The van der Waals surface area contributed by atoms with Gasteiger partial charge in [-0.25, -0.2) is 4.68 Å². The molecule has 0 aromatic carbocycles. The van der Waals surface area contributed by atoms with Crippen LogP contribution in [0.25, 0.3) is 0 Å². The molecule has 1 saturated heterocycles. The first-order valence-corrected chi connectivity index (χ1v) is 7.19. The third kappa shape index (κ3) is 2.66. The van der Waals surface area contributed by atoms with Crippen molar-refractivity contribution < 1.29 is 9.59 Å². The maximum atomic E-state index is 12.1. The van der Waals surface area contributed by atoms with E-state index in [-0.39, 0.29) is 17.7 Å². The molecular weight excluding hydrogens is 258 g/mol. The summed E-state index contributed by atoms with van der Waals surface area (Å²) in [4.78, 5) is 26.1. The zero-order chi connectivity index (χ0) is 13.9. The summed E-state index contributed by atoms with van der Waals surface area (Å²) in [7, 11) is 0. The highest BCUT2D eigenvalue weighted by Gasteiger charge is 2.38. The molecule has 7 nitrogen and oxygen atoms in total. The molecule has 20 heavy (non-hydrogen) atoms. The molecule has 1 aliphatic carbocycles. The summed E-state index contributed by atoms with van der Waals surface area (Å²) in [6.45, 7) is 0.539. The molecular formula is C13H19N5O2. The van der Waals surface area contributed by atoms with Crippen LogP contribution in [0.3, 0.4) is 0 Å². The van der Waals surface area contributed by atoms with Crippen LogP contribution in [0.4, 0.5) is 0 Å². The van der Waals surface area contributed by atoms with E-state index >= 15 is 0 Å². The van der Waals surface area contributed by atoms with E-state index in [0.717, 1.165) is 12.8 Å². The molecule has 0 radical (unpaired) electrons. The van der Waals surface area contributed by atoms with E-state index in [1.54, 1.807) is 0 Å². The van der Waals surface area contributed by atoms with Gasteiger partial charge in [0.25, 0.3) is 0 Å². The van der Waals surface area contributed by atoms with Crippen molar-refractivity contribution in [3.63, 3.8) is 0 Å². The molecule has 108 valence electrons. The molecule has 0 spiro atoms. The second-order valence-corrected chi connectivity index (χ2v) is 5.58. The monoisotopic (exact) mass is 277 g/mol. The maximum Gasteiger partial charge on any atom is 0.244 e. The fourth-order valence-electron chi connectivity index (χ4n) is 3.13. The van der Waals surface area contributed by atoms with E-state index in [2.05, 4.69) is 15.6 Å². The molecule has 1 aromatic heterocycles. The van der Waals surface area contributed by atoms with Crippen LogP contribution in [0.1, 0.15) is 38.5 Å². The minimum Gasteiger partial charge on any atom is -0.339 e. The average molecular weight is 277 g/mol. The molecule has 2 fully saturated rings. The first-order valence-electron chi connectivity index (χ1n) is 7.19. The third-order valence-corrected chi connectivity index (χ3v) is 4.20. The summed E-state index contributed by atoms with van der Waals surface area (Å²) >= 11 is 0. The Morgan fingerprint density at radius 1 is 1.20 bits per heavy atom. The van der Waals surface area contributed by atoms with E-state index < -0.39 is 0 Å². The molecule has 1 N–H and O–H groups in total. The van der Waals surface area contributed by atoms with E-state index in [0.29, 0.717) is 19.0 Å². The van der Waals surface area contributed by atoms with E-state index in [1.165, 1.54) is 36.6 Å². The zero-order valence-corrected chi connectivity index (χ0v) is 11.4. The summed E-state index contributed by atoms with van der Waals surface area (Å²) in [6, 6.07) is 0.337. The molecule has 1 saturated carbocycles. The number of carbonyl (C=O) groups is 2. The molecule has 2 amide bonds. The van der Waals surface area contributed by atoms with Gasteiger partial charge in [0.2, 0.25) is 11.8 Å². The SMILES string of the molecule is O=C(Nn1cnnc1)C1CC(=O)N(C2CCCCC2)C1. The van der Waals surface area contributed by atoms with Crippen LogP contribution in [0.15, 0.2) is 12.7 Å². The number of amides is 2. The van der Waals surface area contributed by atoms with E-state index in [9.17, 15) is 9.59 Å². The Kier molecular flexibility index (Phi) is 3.66. The second kappa shape index (κ2) is 5.60. The molecule has 1 atom stereocenters. The van der Waals surface area contributed by atoms with Crippen molar-refractivity contribution in [2.24, 2.45) is 5.92 Å². The predicted molar refractivity (Wildman–Crippen MR) is 71.1 cm³/mol.